The number of carbonyl (C=O) groups is 1. The molecule has 0 atom stereocenters. The van der Waals surface area contributed by atoms with Crippen LogP contribution in [-0.2, 0) is 4.74 Å². The van der Waals surface area contributed by atoms with Crippen LogP contribution in [0.5, 0.6) is 0 Å². The highest BCUT2D eigenvalue weighted by Crippen LogP contribution is 2.27. The number of ether oxygens (including phenoxy) is 1. The topological polar surface area (TPSA) is 65.2 Å². The van der Waals surface area contributed by atoms with Crippen LogP contribution in [0, 0.1) is 3.57 Å². The molecule has 0 bridgehead atoms. The summed E-state index contributed by atoms with van der Waals surface area (Å²) in [6, 6.07) is 1.21. The van der Waals surface area contributed by atoms with Crippen molar-refractivity contribution in [1.29, 1.82) is 0 Å². The lowest BCUT2D eigenvalue weighted by Crippen LogP contribution is -2.10. The minimum Gasteiger partial charge on any atom is -0.464 e. The van der Waals surface area contributed by atoms with E-state index < -0.39 is 18.1 Å². The van der Waals surface area contributed by atoms with Crippen molar-refractivity contribution in [2.75, 3.05) is 12.8 Å². The van der Waals surface area contributed by atoms with Gasteiger partial charge in [0.2, 0.25) is 0 Å². The zero-order valence-corrected chi connectivity index (χ0v) is 9.79. The Balaban J connectivity index is 3.29. The van der Waals surface area contributed by atoms with Crippen LogP contribution in [0.25, 0.3) is 0 Å². The van der Waals surface area contributed by atoms with Crippen molar-refractivity contribution < 1.29 is 18.3 Å². The Morgan fingerprint density at radius 3 is 2.73 bits per heavy atom. The Bertz CT molecular complexity index is 398. The van der Waals surface area contributed by atoms with Gasteiger partial charge in [0.1, 0.15) is 5.69 Å². The highest BCUT2D eigenvalue weighted by molar-refractivity contribution is 14.1. The molecule has 1 rings (SSSR count). The van der Waals surface area contributed by atoms with E-state index >= 15 is 0 Å². The highest BCUT2D eigenvalue weighted by Gasteiger charge is 2.19. The third kappa shape index (κ3) is 2.52. The number of methoxy groups -OCH3 is 1. The zero-order valence-electron chi connectivity index (χ0n) is 7.63. The van der Waals surface area contributed by atoms with Gasteiger partial charge >= 0.3 is 5.97 Å². The predicted octanol–water partition coefficient (Wildman–Crippen LogP) is 1.99. The Hall–Kier alpha value is -0.990. The minimum atomic E-state index is -2.77. The van der Waals surface area contributed by atoms with Crippen LogP contribution in [0.15, 0.2) is 6.07 Å². The third-order valence-electron chi connectivity index (χ3n) is 1.61. The van der Waals surface area contributed by atoms with Crippen molar-refractivity contribution in [3.63, 3.8) is 0 Å². The fourth-order valence-corrected chi connectivity index (χ4v) is 1.44. The summed E-state index contributed by atoms with van der Waals surface area (Å²) in [7, 11) is 1.14. The summed E-state index contributed by atoms with van der Waals surface area (Å²) in [5.41, 5.74) is 4.83. The van der Waals surface area contributed by atoms with Crippen LogP contribution in [0.2, 0.25) is 0 Å². The molecule has 0 aliphatic carbocycles. The fraction of sp³-hybridized carbons (Fsp3) is 0.250. The molecule has 0 fully saturated rings. The van der Waals surface area contributed by atoms with Gasteiger partial charge in [-0.05, 0) is 28.7 Å². The Kier molecular flexibility index (Phi) is 3.77. The lowest BCUT2D eigenvalue weighted by Gasteiger charge is -2.07. The maximum Gasteiger partial charge on any atom is 0.356 e. The molecule has 7 heteroatoms. The molecule has 4 nitrogen and oxygen atoms in total. The van der Waals surface area contributed by atoms with Crippen LogP contribution >= 0.6 is 22.6 Å². The Labute approximate surface area is 98.0 Å². The minimum absolute atomic E-state index is 0.0845. The second-order valence-electron chi connectivity index (χ2n) is 2.59. The van der Waals surface area contributed by atoms with E-state index in [0.717, 1.165) is 7.11 Å². The van der Waals surface area contributed by atoms with Gasteiger partial charge in [-0.3, -0.25) is 0 Å². The number of esters is 1. The summed E-state index contributed by atoms with van der Waals surface area (Å²) in [4.78, 5) is 14.6. The van der Waals surface area contributed by atoms with E-state index in [2.05, 4.69) is 9.72 Å². The molecule has 0 amide bonds. The summed E-state index contributed by atoms with van der Waals surface area (Å²) in [6.45, 7) is 0. The van der Waals surface area contributed by atoms with Crippen LogP contribution in [-0.4, -0.2) is 18.1 Å². The van der Waals surface area contributed by atoms with Gasteiger partial charge in [0.15, 0.2) is 5.69 Å². The lowest BCUT2D eigenvalue weighted by atomic mass is 10.2. The molecule has 0 saturated carbocycles. The van der Waals surface area contributed by atoms with Gasteiger partial charge in [-0.1, -0.05) is 0 Å². The quantitative estimate of drug-likeness (QED) is 0.666. The van der Waals surface area contributed by atoms with Crippen LogP contribution in [0.4, 0.5) is 14.5 Å². The molecule has 0 saturated heterocycles. The number of halogens is 3. The van der Waals surface area contributed by atoms with Gasteiger partial charge in [-0.2, -0.15) is 0 Å². The van der Waals surface area contributed by atoms with Gasteiger partial charge in [0, 0.05) is 5.69 Å². The highest BCUT2D eigenvalue weighted by atomic mass is 127. The number of pyridine rings is 1. The molecular weight excluding hydrogens is 321 g/mol. The zero-order chi connectivity index (χ0) is 11.6. The van der Waals surface area contributed by atoms with Crippen molar-refractivity contribution in [3.05, 3.63) is 21.0 Å². The standard InChI is InChI=1S/C8H7F2IN2O2/c1-15-8(14)4-2-3(12)5(11)6(13-4)7(9)10/h2,7H,1H3,(H2,12,13). The smallest absolute Gasteiger partial charge is 0.356 e. The van der Waals surface area contributed by atoms with Crippen molar-refractivity contribution in [2.45, 2.75) is 6.43 Å². The molecule has 82 valence electrons. The number of nitrogens with zero attached hydrogens (tertiary/aromatic N) is 1. The monoisotopic (exact) mass is 328 g/mol. The van der Waals surface area contributed by atoms with Gasteiger partial charge in [0.05, 0.1) is 10.7 Å². The molecular formula is C8H7F2IN2O2. The van der Waals surface area contributed by atoms with Crippen molar-refractivity contribution in [2.24, 2.45) is 0 Å². The molecule has 0 radical (unpaired) electrons. The fourth-order valence-electron chi connectivity index (χ4n) is 0.923. The summed E-state index contributed by atoms with van der Waals surface area (Å²) < 4.78 is 29.5. The van der Waals surface area contributed by atoms with E-state index in [1.807, 2.05) is 0 Å². The van der Waals surface area contributed by atoms with Crippen LogP contribution in [0.1, 0.15) is 22.6 Å². The Morgan fingerprint density at radius 2 is 2.27 bits per heavy atom. The molecule has 1 aromatic heterocycles. The second-order valence-corrected chi connectivity index (χ2v) is 3.67. The maximum absolute atomic E-state index is 12.5. The average molecular weight is 328 g/mol. The molecule has 0 spiro atoms. The number of nitrogens with two attached hydrogens (primary N) is 1. The number of anilines is 1. The number of carbonyl (C=O) groups excluding carboxylic acids is 1. The largest absolute Gasteiger partial charge is 0.464 e. The first-order chi connectivity index (χ1) is 6.97. The average Bonchev–Trinajstić information content (AvgIpc) is 2.20. The number of aromatic nitrogens is 1. The van der Waals surface area contributed by atoms with E-state index in [4.69, 9.17) is 5.73 Å². The van der Waals surface area contributed by atoms with Gasteiger partial charge < -0.3 is 10.5 Å². The van der Waals surface area contributed by atoms with E-state index in [1.165, 1.54) is 6.07 Å². The van der Waals surface area contributed by atoms with Crippen molar-refractivity contribution >= 4 is 34.2 Å². The molecule has 1 aromatic rings. The van der Waals surface area contributed by atoms with Crippen LogP contribution < -0.4 is 5.73 Å². The number of hydrogen-bond donors (Lipinski definition) is 1. The normalized spacial score (nSPS) is 10.5. The number of alkyl halides is 2. The van der Waals surface area contributed by atoms with E-state index in [1.54, 1.807) is 22.6 Å². The summed E-state index contributed by atoms with van der Waals surface area (Å²) in [5, 5.41) is 0. The van der Waals surface area contributed by atoms with Gasteiger partial charge in [0.25, 0.3) is 6.43 Å². The molecule has 0 unspecified atom stereocenters. The molecule has 0 aliphatic heterocycles. The van der Waals surface area contributed by atoms with Crippen molar-refractivity contribution in [1.82, 2.24) is 4.98 Å². The maximum atomic E-state index is 12.5. The molecule has 0 aliphatic rings. The summed E-state index contributed by atoms with van der Waals surface area (Å²) in [6.07, 6.45) is -2.77. The number of rotatable bonds is 2. The molecule has 0 aromatic carbocycles. The van der Waals surface area contributed by atoms with Gasteiger partial charge in [-0.25, -0.2) is 18.6 Å². The van der Waals surface area contributed by atoms with E-state index in [0.29, 0.717) is 0 Å². The van der Waals surface area contributed by atoms with Crippen LogP contribution in [0.3, 0.4) is 0 Å². The number of hydrogen-bond acceptors (Lipinski definition) is 4. The number of nitrogen functional groups attached to an aromatic ring is 1. The predicted molar refractivity (Wildman–Crippen MR) is 57.7 cm³/mol. The first kappa shape index (κ1) is 12.1. The first-order valence-electron chi connectivity index (χ1n) is 3.79. The Morgan fingerprint density at radius 1 is 1.67 bits per heavy atom. The first-order valence-corrected chi connectivity index (χ1v) is 4.87. The van der Waals surface area contributed by atoms with E-state index in [9.17, 15) is 13.6 Å². The second kappa shape index (κ2) is 4.69. The summed E-state index contributed by atoms with van der Waals surface area (Å²) >= 11 is 1.65. The summed E-state index contributed by atoms with van der Waals surface area (Å²) in [5.74, 6) is -0.792. The lowest BCUT2D eigenvalue weighted by molar-refractivity contribution is 0.0592. The van der Waals surface area contributed by atoms with Gasteiger partial charge in [-0.15, -0.1) is 0 Å². The van der Waals surface area contributed by atoms with E-state index in [-0.39, 0.29) is 15.0 Å². The molecule has 15 heavy (non-hydrogen) atoms. The third-order valence-corrected chi connectivity index (χ3v) is 2.79. The molecule has 2 N–H and O–H groups in total. The molecule has 1 heterocycles. The van der Waals surface area contributed by atoms with Crippen molar-refractivity contribution in [3.8, 4) is 0 Å². The SMILES string of the molecule is COC(=O)c1cc(N)c(I)c(C(F)F)n1.